The maximum absolute atomic E-state index is 12.1. The molecule has 3 heteroatoms. The third-order valence-corrected chi connectivity index (χ3v) is 2.77. The minimum atomic E-state index is -0.871. The molecule has 3 nitrogen and oxygen atoms in total. The summed E-state index contributed by atoms with van der Waals surface area (Å²) in [5.41, 5.74) is -0.871. The molecule has 0 aromatic rings. The lowest BCUT2D eigenvalue weighted by Crippen LogP contribution is -2.41. The molecule has 1 rings (SSSR count). The van der Waals surface area contributed by atoms with E-state index < -0.39 is 5.41 Å². The van der Waals surface area contributed by atoms with Crippen LogP contribution in [-0.4, -0.2) is 23.9 Å². The summed E-state index contributed by atoms with van der Waals surface area (Å²) >= 11 is 0. The van der Waals surface area contributed by atoms with Crippen molar-refractivity contribution in [3.8, 4) is 6.07 Å². The smallest absolute Gasteiger partial charge is 0.242 e. The fraction of sp³-hybridized carbons (Fsp3) is 0.833. The third-order valence-electron chi connectivity index (χ3n) is 2.77. The lowest BCUT2D eigenvalue weighted by molar-refractivity contribution is -0.137. The van der Waals surface area contributed by atoms with Crippen LogP contribution in [0.15, 0.2) is 0 Å². The highest BCUT2D eigenvalue weighted by Gasteiger charge is 2.34. The maximum atomic E-state index is 12.1. The number of nitriles is 1. The minimum absolute atomic E-state index is 0.0150. The zero-order valence-electron chi connectivity index (χ0n) is 9.92. The second-order valence-corrected chi connectivity index (χ2v) is 4.93. The molecule has 0 N–H and O–H groups in total. The van der Waals surface area contributed by atoms with Crippen molar-refractivity contribution in [1.29, 1.82) is 5.26 Å². The Morgan fingerprint density at radius 3 is 2.53 bits per heavy atom. The highest BCUT2D eigenvalue weighted by atomic mass is 16.2. The first-order valence-corrected chi connectivity index (χ1v) is 5.72. The van der Waals surface area contributed by atoms with Crippen LogP contribution in [0.4, 0.5) is 0 Å². The van der Waals surface area contributed by atoms with E-state index in [0.717, 1.165) is 19.5 Å². The minimum Gasteiger partial charge on any atom is -0.341 e. The van der Waals surface area contributed by atoms with Gasteiger partial charge in [-0.05, 0) is 39.0 Å². The van der Waals surface area contributed by atoms with Crippen molar-refractivity contribution in [2.75, 3.05) is 13.1 Å². The Labute approximate surface area is 92.1 Å². The molecule has 1 fully saturated rings. The van der Waals surface area contributed by atoms with Gasteiger partial charge in [-0.25, -0.2) is 0 Å². The van der Waals surface area contributed by atoms with E-state index in [-0.39, 0.29) is 5.91 Å². The first kappa shape index (κ1) is 12.0. The number of carbonyl (C=O) groups excluding carboxylic acids is 1. The summed E-state index contributed by atoms with van der Waals surface area (Å²) < 4.78 is 0. The Balaban J connectivity index is 2.61. The summed E-state index contributed by atoms with van der Waals surface area (Å²) in [4.78, 5) is 13.9. The van der Waals surface area contributed by atoms with Crippen LogP contribution >= 0.6 is 0 Å². The van der Waals surface area contributed by atoms with Gasteiger partial charge in [0.05, 0.1) is 6.07 Å². The molecule has 0 atom stereocenters. The van der Waals surface area contributed by atoms with Gasteiger partial charge >= 0.3 is 0 Å². The highest BCUT2D eigenvalue weighted by Crippen LogP contribution is 2.31. The first-order chi connectivity index (χ1) is 7.01. The van der Waals surface area contributed by atoms with E-state index in [2.05, 4.69) is 13.0 Å². The third kappa shape index (κ3) is 3.23. The van der Waals surface area contributed by atoms with E-state index in [1.807, 2.05) is 4.90 Å². The monoisotopic (exact) mass is 208 g/mol. The number of hydrogen-bond acceptors (Lipinski definition) is 2. The number of nitrogens with zero attached hydrogens (tertiary/aromatic N) is 2. The fourth-order valence-electron chi connectivity index (χ4n) is 1.60. The second kappa shape index (κ2) is 4.65. The molecule has 0 aliphatic heterocycles. The van der Waals surface area contributed by atoms with Crippen molar-refractivity contribution in [3.05, 3.63) is 0 Å². The Morgan fingerprint density at radius 1 is 1.53 bits per heavy atom. The SMILES string of the molecule is CCCN(CC1CC1)C(=O)C(C)(C)C#N. The molecule has 0 aromatic carbocycles. The van der Waals surface area contributed by atoms with Crippen LogP contribution in [0.1, 0.15) is 40.0 Å². The van der Waals surface area contributed by atoms with Crippen LogP contribution in [0, 0.1) is 22.7 Å². The zero-order valence-corrected chi connectivity index (χ0v) is 9.92. The molecule has 0 spiro atoms. The Bertz CT molecular complexity index is 274. The lowest BCUT2D eigenvalue weighted by Gasteiger charge is -2.27. The van der Waals surface area contributed by atoms with Gasteiger partial charge in [-0.1, -0.05) is 6.92 Å². The summed E-state index contributed by atoms with van der Waals surface area (Å²) in [7, 11) is 0. The number of hydrogen-bond donors (Lipinski definition) is 0. The van der Waals surface area contributed by atoms with Gasteiger partial charge in [0.15, 0.2) is 0 Å². The fourth-order valence-corrected chi connectivity index (χ4v) is 1.60. The average Bonchev–Trinajstić information content (AvgIpc) is 3.00. The molecule has 0 radical (unpaired) electrons. The van der Waals surface area contributed by atoms with Crippen LogP contribution in [0.2, 0.25) is 0 Å². The van der Waals surface area contributed by atoms with Crippen molar-refractivity contribution >= 4 is 5.91 Å². The largest absolute Gasteiger partial charge is 0.341 e. The average molecular weight is 208 g/mol. The van der Waals surface area contributed by atoms with Gasteiger partial charge in [-0.3, -0.25) is 4.79 Å². The number of carbonyl (C=O) groups is 1. The first-order valence-electron chi connectivity index (χ1n) is 5.72. The quantitative estimate of drug-likeness (QED) is 0.695. The summed E-state index contributed by atoms with van der Waals surface area (Å²) in [6.45, 7) is 7.08. The van der Waals surface area contributed by atoms with Crippen molar-refractivity contribution in [2.45, 2.75) is 40.0 Å². The summed E-state index contributed by atoms with van der Waals surface area (Å²) in [6.07, 6.45) is 3.43. The van der Waals surface area contributed by atoms with E-state index in [0.29, 0.717) is 5.92 Å². The Kier molecular flexibility index (Phi) is 3.73. The molecular formula is C12H20N2O. The predicted octanol–water partition coefficient (Wildman–Crippen LogP) is 2.18. The van der Waals surface area contributed by atoms with Crippen LogP contribution in [-0.2, 0) is 4.79 Å². The van der Waals surface area contributed by atoms with Gasteiger partial charge in [0.2, 0.25) is 5.91 Å². The molecule has 0 unspecified atom stereocenters. The van der Waals surface area contributed by atoms with Gasteiger partial charge in [0.25, 0.3) is 0 Å². The summed E-state index contributed by atoms with van der Waals surface area (Å²) in [6, 6.07) is 2.08. The molecule has 1 aliphatic rings. The molecule has 0 saturated heterocycles. The van der Waals surface area contributed by atoms with Gasteiger partial charge in [-0.2, -0.15) is 5.26 Å². The van der Waals surface area contributed by atoms with Crippen molar-refractivity contribution < 1.29 is 4.79 Å². The van der Waals surface area contributed by atoms with Gasteiger partial charge in [0.1, 0.15) is 5.41 Å². The normalized spacial score (nSPS) is 15.9. The molecule has 15 heavy (non-hydrogen) atoms. The summed E-state index contributed by atoms with van der Waals surface area (Å²) in [5.74, 6) is 0.675. The molecule has 1 aliphatic carbocycles. The summed E-state index contributed by atoms with van der Waals surface area (Å²) in [5, 5.41) is 8.93. The van der Waals surface area contributed by atoms with Crippen LogP contribution in [0.25, 0.3) is 0 Å². The van der Waals surface area contributed by atoms with Crippen LogP contribution in [0.3, 0.4) is 0 Å². The van der Waals surface area contributed by atoms with E-state index in [1.165, 1.54) is 12.8 Å². The molecule has 0 heterocycles. The van der Waals surface area contributed by atoms with Crippen LogP contribution in [0.5, 0.6) is 0 Å². The molecule has 84 valence electrons. The second-order valence-electron chi connectivity index (χ2n) is 4.93. The van der Waals surface area contributed by atoms with E-state index in [4.69, 9.17) is 5.26 Å². The highest BCUT2D eigenvalue weighted by molar-refractivity contribution is 5.84. The van der Waals surface area contributed by atoms with Gasteiger partial charge in [-0.15, -0.1) is 0 Å². The van der Waals surface area contributed by atoms with Crippen molar-refractivity contribution in [2.24, 2.45) is 11.3 Å². The van der Waals surface area contributed by atoms with Crippen molar-refractivity contribution in [3.63, 3.8) is 0 Å². The molecule has 1 saturated carbocycles. The number of rotatable bonds is 5. The van der Waals surface area contributed by atoms with Crippen molar-refractivity contribution in [1.82, 2.24) is 4.90 Å². The maximum Gasteiger partial charge on any atom is 0.242 e. The van der Waals surface area contributed by atoms with Gasteiger partial charge < -0.3 is 4.90 Å². The number of amides is 1. The van der Waals surface area contributed by atoms with E-state index in [9.17, 15) is 4.79 Å². The molecular weight excluding hydrogens is 188 g/mol. The molecule has 0 aromatic heterocycles. The van der Waals surface area contributed by atoms with Crippen LogP contribution < -0.4 is 0 Å². The van der Waals surface area contributed by atoms with E-state index in [1.54, 1.807) is 13.8 Å². The Morgan fingerprint density at radius 2 is 2.13 bits per heavy atom. The molecule has 0 bridgehead atoms. The lowest BCUT2D eigenvalue weighted by atomic mass is 9.93. The molecule has 1 amide bonds. The predicted molar refractivity (Wildman–Crippen MR) is 59.0 cm³/mol. The van der Waals surface area contributed by atoms with E-state index >= 15 is 0 Å². The van der Waals surface area contributed by atoms with Gasteiger partial charge in [0, 0.05) is 13.1 Å². The Hall–Kier alpha value is -1.04. The topological polar surface area (TPSA) is 44.1 Å². The standard InChI is InChI=1S/C12H20N2O/c1-4-7-14(8-10-5-6-10)11(15)12(2,3)9-13/h10H,4-8H2,1-3H3. The zero-order chi connectivity index (χ0) is 11.5.